The van der Waals surface area contributed by atoms with Crippen LogP contribution in [-0.4, -0.2) is 61.6 Å². The van der Waals surface area contributed by atoms with Gasteiger partial charge in [0.25, 0.3) is 5.56 Å². The van der Waals surface area contributed by atoms with Gasteiger partial charge in [-0.1, -0.05) is 13.8 Å². The first kappa shape index (κ1) is 22.7. The second-order valence-electron chi connectivity index (χ2n) is 9.59. The van der Waals surface area contributed by atoms with Crippen molar-refractivity contribution >= 4 is 5.91 Å². The molecule has 32 heavy (non-hydrogen) atoms. The van der Waals surface area contributed by atoms with Crippen LogP contribution in [0.25, 0.3) is 0 Å². The fraction of sp³-hybridized carbons (Fsp3) is 0.667. The number of carbonyl (C=O) groups excluding carboxylic acids is 1. The van der Waals surface area contributed by atoms with Crippen molar-refractivity contribution in [1.82, 2.24) is 29.5 Å². The normalized spacial score (nSPS) is 20.8. The molecule has 2 saturated heterocycles. The van der Waals surface area contributed by atoms with Gasteiger partial charge in [0.1, 0.15) is 5.82 Å². The summed E-state index contributed by atoms with van der Waals surface area (Å²) in [4.78, 5) is 37.1. The van der Waals surface area contributed by atoms with Gasteiger partial charge in [0, 0.05) is 68.3 Å². The molecule has 2 aromatic rings. The van der Waals surface area contributed by atoms with Crippen molar-refractivity contribution in [3.8, 4) is 0 Å². The van der Waals surface area contributed by atoms with Crippen LogP contribution in [-0.2, 0) is 17.9 Å². The number of aromatic amines is 1. The number of rotatable bonds is 6. The van der Waals surface area contributed by atoms with Crippen molar-refractivity contribution in [2.75, 3.05) is 26.2 Å². The number of aromatic nitrogens is 4. The highest BCUT2D eigenvalue weighted by Crippen LogP contribution is 2.29. The zero-order valence-electron chi connectivity index (χ0n) is 19.6. The van der Waals surface area contributed by atoms with Gasteiger partial charge in [0.05, 0.1) is 11.9 Å². The first-order valence-corrected chi connectivity index (χ1v) is 12.1. The van der Waals surface area contributed by atoms with Crippen molar-refractivity contribution in [3.63, 3.8) is 0 Å². The van der Waals surface area contributed by atoms with Crippen LogP contribution in [0.2, 0.25) is 0 Å². The SMILES string of the molecule is CCn1cc(CN2CCC[C@H](c3cc(=O)[nH]c(C4CCN(C(=O)C(C)C)CC4)n3)C2)cn1. The molecule has 0 unspecified atom stereocenters. The molecule has 8 heteroatoms. The average molecular weight is 441 g/mol. The minimum Gasteiger partial charge on any atom is -0.342 e. The molecule has 2 aliphatic heterocycles. The summed E-state index contributed by atoms with van der Waals surface area (Å²) >= 11 is 0. The second-order valence-corrected chi connectivity index (χ2v) is 9.59. The van der Waals surface area contributed by atoms with Gasteiger partial charge in [-0.2, -0.15) is 5.10 Å². The molecule has 174 valence electrons. The van der Waals surface area contributed by atoms with Crippen molar-refractivity contribution < 1.29 is 4.79 Å². The number of piperidine rings is 2. The molecule has 0 aromatic carbocycles. The quantitative estimate of drug-likeness (QED) is 0.746. The highest BCUT2D eigenvalue weighted by molar-refractivity contribution is 5.78. The van der Waals surface area contributed by atoms with Crippen molar-refractivity contribution in [1.29, 1.82) is 0 Å². The lowest BCUT2D eigenvalue weighted by atomic mass is 9.92. The van der Waals surface area contributed by atoms with Gasteiger partial charge < -0.3 is 9.88 Å². The number of H-pyrrole nitrogens is 1. The van der Waals surface area contributed by atoms with Crippen LogP contribution in [0.15, 0.2) is 23.3 Å². The Bertz CT molecular complexity index is 973. The van der Waals surface area contributed by atoms with Crippen molar-refractivity contribution in [3.05, 3.63) is 45.9 Å². The van der Waals surface area contributed by atoms with E-state index in [1.807, 2.05) is 29.6 Å². The maximum atomic E-state index is 12.5. The third-order valence-corrected chi connectivity index (χ3v) is 6.81. The summed E-state index contributed by atoms with van der Waals surface area (Å²) in [5.74, 6) is 1.52. The summed E-state index contributed by atoms with van der Waals surface area (Å²) in [6.07, 6.45) is 7.93. The summed E-state index contributed by atoms with van der Waals surface area (Å²) in [6.45, 7) is 11.2. The summed E-state index contributed by atoms with van der Waals surface area (Å²) in [6, 6.07) is 1.68. The Kier molecular flexibility index (Phi) is 7.08. The molecule has 0 bridgehead atoms. The third-order valence-electron chi connectivity index (χ3n) is 6.81. The van der Waals surface area contributed by atoms with E-state index in [2.05, 4.69) is 28.1 Å². The first-order valence-electron chi connectivity index (χ1n) is 12.1. The Morgan fingerprint density at radius 1 is 1.19 bits per heavy atom. The number of likely N-dealkylation sites (tertiary alicyclic amines) is 2. The van der Waals surface area contributed by atoms with Gasteiger partial charge in [0.2, 0.25) is 5.91 Å². The van der Waals surface area contributed by atoms with Gasteiger partial charge in [-0.3, -0.25) is 19.2 Å². The minimum atomic E-state index is -0.0629. The Labute approximate surface area is 190 Å². The second kappa shape index (κ2) is 9.98. The number of amides is 1. The van der Waals surface area contributed by atoms with Gasteiger partial charge in [-0.25, -0.2) is 4.98 Å². The highest BCUT2D eigenvalue weighted by atomic mass is 16.2. The number of hydrogen-bond acceptors (Lipinski definition) is 5. The van der Waals surface area contributed by atoms with Crippen LogP contribution in [0, 0.1) is 5.92 Å². The van der Waals surface area contributed by atoms with E-state index in [1.54, 1.807) is 6.07 Å². The average Bonchev–Trinajstić information content (AvgIpc) is 3.26. The molecule has 0 aliphatic carbocycles. The van der Waals surface area contributed by atoms with Crippen LogP contribution >= 0.6 is 0 Å². The maximum Gasteiger partial charge on any atom is 0.251 e. The Morgan fingerprint density at radius 2 is 1.97 bits per heavy atom. The summed E-state index contributed by atoms with van der Waals surface area (Å²) < 4.78 is 1.96. The highest BCUT2D eigenvalue weighted by Gasteiger charge is 2.28. The standard InChI is InChI=1S/C24H36N6O2/c1-4-30-15-18(13-25-30)14-28-9-5-6-20(16-28)21-12-22(31)27-23(26-21)19-7-10-29(11-8-19)24(32)17(2)3/h12-13,15,17,19-20H,4-11,14,16H2,1-3H3,(H,26,27,31)/t20-/m0/s1. The largest absolute Gasteiger partial charge is 0.342 e. The van der Waals surface area contributed by atoms with Gasteiger partial charge >= 0.3 is 0 Å². The topological polar surface area (TPSA) is 87.1 Å². The molecule has 8 nitrogen and oxygen atoms in total. The molecule has 0 spiro atoms. The fourth-order valence-electron chi connectivity index (χ4n) is 5.00. The molecule has 1 atom stereocenters. The molecule has 0 radical (unpaired) electrons. The fourth-order valence-corrected chi connectivity index (χ4v) is 5.00. The zero-order chi connectivity index (χ0) is 22.7. The van der Waals surface area contributed by atoms with Gasteiger partial charge in [0.15, 0.2) is 0 Å². The Balaban J connectivity index is 1.42. The molecule has 4 rings (SSSR count). The third kappa shape index (κ3) is 5.28. The summed E-state index contributed by atoms with van der Waals surface area (Å²) in [5, 5.41) is 4.39. The van der Waals surface area contributed by atoms with Crippen molar-refractivity contribution in [2.24, 2.45) is 5.92 Å². The molecule has 4 heterocycles. The van der Waals surface area contributed by atoms with Crippen LogP contribution in [0.3, 0.4) is 0 Å². The van der Waals surface area contributed by atoms with E-state index < -0.39 is 0 Å². The van der Waals surface area contributed by atoms with Crippen LogP contribution in [0.4, 0.5) is 0 Å². The van der Waals surface area contributed by atoms with E-state index in [9.17, 15) is 9.59 Å². The van der Waals surface area contributed by atoms with Crippen LogP contribution in [0.1, 0.15) is 75.4 Å². The zero-order valence-corrected chi connectivity index (χ0v) is 19.6. The molecule has 2 aliphatic rings. The monoisotopic (exact) mass is 440 g/mol. The minimum absolute atomic E-state index is 0.0263. The molecule has 1 amide bonds. The number of hydrogen-bond donors (Lipinski definition) is 1. The molecule has 0 saturated carbocycles. The van der Waals surface area contributed by atoms with Gasteiger partial charge in [-0.15, -0.1) is 0 Å². The van der Waals surface area contributed by atoms with Gasteiger partial charge in [-0.05, 0) is 39.2 Å². The van der Waals surface area contributed by atoms with E-state index in [4.69, 9.17) is 4.98 Å². The number of carbonyl (C=O) groups is 1. The Hall–Kier alpha value is -2.48. The Morgan fingerprint density at radius 3 is 2.66 bits per heavy atom. The molecular weight excluding hydrogens is 404 g/mol. The lowest BCUT2D eigenvalue weighted by Gasteiger charge is -2.34. The lowest BCUT2D eigenvalue weighted by molar-refractivity contribution is -0.135. The lowest BCUT2D eigenvalue weighted by Crippen LogP contribution is -2.40. The maximum absolute atomic E-state index is 12.5. The predicted molar refractivity (Wildman–Crippen MR) is 123 cm³/mol. The molecule has 1 N–H and O–H groups in total. The predicted octanol–water partition coefficient (Wildman–Crippen LogP) is 2.73. The first-order chi connectivity index (χ1) is 15.4. The summed E-state index contributed by atoms with van der Waals surface area (Å²) in [7, 11) is 0. The van der Waals surface area contributed by atoms with E-state index >= 15 is 0 Å². The molecule has 2 aromatic heterocycles. The van der Waals surface area contributed by atoms with E-state index in [0.717, 1.165) is 76.5 Å². The smallest absolute Gasteiger partial charge is 0.251 e. The van der Waals surface area contributed by atoms with Crippen LogP contribution in [0.5, 0.6) is 0 Å². The number of aryl methyl sites for hydroxylation is 1. The molecule has 2 fully saturated rings. The summed E-state index contributed by atoms with van der Waals surface area (Å²) in [5.41, 5.74) is 2.08. The van der Waals surface area contributed by atoms with Crippen molar-refractivity contribution in [2.45, 2.75) is 71.4 Å². The van der Waals surface area contributed by atoms with E-state index in [1.165, 1.54) is 5.56 Å². The van der Waals surface area contributed by atoms with E-state index in [0.29, 0.717) is 0 Å². The molecular formula is C24H36N6O2. The number of nitrogens with one attached hydrogen (secondary N) is 1. The van der Waals surface area contributed by atoms with E-state index in [-0.39, 0.29) is 29.2 Å². The van der Waals surface area contributed by atoms with Crippen LogP contribution < -0.4 is 5.56 Å². The number of nitrogens with zero attached hydrogens (tertiary/aromatic N) is 5.